The van der Waals surface area contributed by atoms with Gasteiger partial charge in [0.2, 0.25) is 5.91 Å². The maximum Gasteiger partial charge on any atom is 0.223 e. The van der Waals surface area contributed by atoms with Crippen LogP contribution in [-0.4, -0.2) is 45.6 Å². The van der Waals surface area contributed by atoms with Crippen LogP contribution in [0, 0.1) is 19.8 Å². The van der Waals surface area contributed by atoms with Crippen LogP contribution in [-0.2, 0) is 11.3 Å². The number of carbonyl (C=O) groups excluding carboxylic acids is 1. The van der Waals surface area contributed by atoms with Crippen molar-refractivity contribution in [1.29, 1.82) is 0 Å². The first kappa shape index (κ1) is 23.8. The first-order valence-electron chi connectivity index (χ1n) is 12.6. The summed E-state index contributed by atoms with van der Waals surface area (Å²) in [6, 6.07) is 18.0. The molecule has 4 aromatic rings. The molecule has 1 amide bonds. The number of aryl methyl sites for hydroxylation is 2. The number of nitrogens with one attached hydrogen (secondary N) is 1. The van der Waals surface area contributed by atoms with Gasteiger partial charge in [-0.1, -0.05) is 30.3 Å². The van der Waals surface area contributed by atoms with Crippen molar-refractivity contribution in [2.75, 3.05) is 24.6 Å². The number of piperidine rings is 1. The second-order valence-corrected chi connectivity index (χ2v) is 9.22. The monoisotopic (exact) mass is 484 g/mol. The minimum absolute atomic E-state index is 0.0125. The number of para-hydroxylation sites is 1. The smallest absolute Gasteiger partial charge is 0.223 e. The number of benzene rings is 2. The summed E-state index contributed by atoms with van der Waals surface area (Å²) in [4.78, 5) is 15.1. The second-order valence-electron chi connectivity index (χ2n) is 9.22. The molecule has 1 fully saturated rings. The van der Waals surface area contributed by atoms with Crippen LogP contribution in [0.25, 0.3) is 16.6 Å². The van der Waals surface area contributed by atoms with Crippen molar-refractivity contribution >= 4 is 22.6 Å². The molecule has 0 spiro atoms. The molecule has 8 nitrogen and oxygen atoms in total. The molecule has 1 aliphatic rings. The van der Waals surface area contributed by atoms with Crippen LogP contribution in [0.4, 0.5) is 5.82 Å². The standard InChI is InChI=1S/C28H32N6O2/c1-4-36-24-12-10-21(11-13-24)18-29-28(35)22-14-16-33(17-15-22)27-26-25(19(2)30-31-27)20(3)34(32-26)23-8-6-5-7-9-23/h5-13,22H,4,14-18H2,1-3H3,(H,29,35). The maximum absolute atomic E-state index is 12.8. The number of hydrogen-bond acceptors (Lipinski definition) is 6. The summed E-state index contributed by atoms with van der Waals surface area (Å²) in [5, 5.41) is 18.1. The van der Waals surface area contributed by atoms with Crippen LogP contribution >= 0.6 is 0 Å². The van der Waals surface area contributed by atoms with Crippen LogP contribution in [0.1, 0.15) is 36.7 Å². The zero-order valence-corrected chi connectivity index (χ0v) is 21.1. The minimum Gasteiger partial charge on any atom is -0.494 e. The van der Waals surface area contributed by atoms with E-state index < -0.39 is 0 Å². The van der Waals surface area contributed by atoms with Crippen molar-refractivity contribution in [1.82, 2.24) is 25.3 Å². The van der Waals surface area contributed by atoms with Gasteiger partial charge in [0.15, 0.2) is 5.82 Å². The number of ether oxygens (including phenoxy) is 1. The fourth-order valence-electron chi connectivity index (χ4n) is 4.90. The van der Waals surface area contributed by atoms with Gasteiger partial charge in [0.05, 0.1) is 29.1 Å². The van der Waals surface area contributed by atoms with Crippen molar-refractivity contribution in [3.8, 4) is 11.4 Å². The van der Waals surface area contributed by atoms with Crippen LogP contribution < -0.4 is 15.0 Å². The van der Waals surface area contributed by atoms with Gasteiger partial charge in [0.1, 0.15) is 11.3 Å². The van der Waals surface area contributed by atoms with Crippen molar-refractivity contribution in [2.45, 2.75) is 40.2 Å². The zero-order valence-electron chi connectivity index (χ0n) is 21.1. The SMILES string of the molecule is CCOc1ccc(CNC(=O)C2CCN(c3nnc(C)c4c(C)n(-c5ccccc5)nc34)CC2)cc1. The zero-order chi connectivity index (χ0) is 25.1. The molecule has 1 N–H and O–H groups in total. The summed E-state index contributed by atoms with van der Waals surface area (Å²) in [7, 11) is 0. The fourth-order valence-corrected chi connectivity index (χ4v) is 4.90. The Morgan fingerprint density at radius 1 is 1.03 bits per heavy atom. The lowest BCUT2D eigenvalue weighted by Gasteiger charge is -2.32. The summed E-state index contributed by atoms with van der Waals surface area (Å²) >= 11 is 0. The Bertz CT molecular complexity index is 1340. The molecule has 0 atom stereocenters. The Kier molecular flexibility index (Phi) is 6.84. The number of rotatable bonds is 7. The molecule has 0 radical (unpaired) electrons. The Morgan fingerprint density at radius 2 is 1.75 bits per heavy atom. The molecule has 8 heteroatoms. The second kappa shape index (κ2) is 10.4. The largest absolute Gasteiger partial charge is 0.494 e. The molecule has 2 aromatic heterocycles. The summed E-state index contributed by atoms with van der Waals surface area (Å²) in [5.74, 6) is 1.73. The number of aromatic nitrogens is 4. The maximum atomic E-state index is 12.8. The molecule has 5 rings (SSSR count). The summed E-state index contributed by atoms with van der Waals surface area (Å²) < 4.78 is 7.45. The van der Waals surface area contributed by atoms with Crippen molar-refractivity contribution in [3.63, 3.8) is 0 Å². The summed E-state index contributed by atoms with van der Waals surface area (Å²) in [5.41, 5.74) is 4.86. The van der Waals surface area contributed by atoms with Gasteiger partial charge in [-0.3, -0.25) is 4.79 Å². The van der Waals surface area contributed by atoms with Gasteiger partial charge in [0, 0.05) is 25.6 Å². The Balaban J connectivity index is 1.26. The molecule has 0 saturated carbocycles. The number of amides is 1. The molecule has 0 aliphatic carbocycles. The van der Waals surface area contributed by atoms with Crippen LogP contribution in [0.5, 0.6) is 5.75 Å². The molecule has 1 saturated heterocycles. The van der Waals surface area contributed by atoms with Gasteiger partial charge in [-0.25, -0.2) is 4.68 Å². The molecule has 36 heavy (non-hydrogen) atoms. The minimum atomic E-state index is -0.0125. The van der Waals surface area contributed by atoms with Gasteiger partial charge >= 0.3 is 0 Å². The predicted molar refractivity (Wildman–Crippen MR) is 141 cm³/mol. The van der Waals surface area contributed by atoms with E-state index in [0.29, 0.717) is 13.2 Å². The van der Waals surface area contributed by atoms with Gasteiger partial charge in [0.25, 0.3) is 0 Å². The average Bonchev–Trinajstić information content (AvgIpc) is 3.27. The molecule has 0 unspecified atom stereocenters. The van der Waals surface area contributed by atoms with Crippen LogP contribution in [0.15, 0.2) is 54.6 Å². The molecular weight excluding hydrogens is 452 g/mol. The third-order valence-electron chi connectivity index (χ3n) is 6.85. The van der Waals surface area contributed by atoms with E-state index in [9.17, 15) is 4.79 Å². The molecule has 2 aromatic carbocycles. The lowest BCUT2D eigenvalue weighted by atomic mass is 9.95. The van der Waals surface area contributed by atoms with Crippen molar-refractivity contribution < 1.29 is 9.53 Å². The molecule has 1 aliphatic heterocycles. The predicted octanol–water partition coefficient (Wildman–Crippen LogP) is 4.36. The lowest BCUT2D eigenvalue weighted by Crippen LogP contribution is -2.40. The van der Waals surface area contributed by atoms with E-state index in [2.05, 4.69) is 27.3 Å². The normalized spacial score (nSPS) is 14.2. The van der Waals surface area contributed by atoms with Crippen molar-refractivity contribution in [2.24, 2.45) is 5.92 Å². The summed E-state index contributed by atoms with van der Waals surface area (Å²) in [6.45, 7) is 8.66. The number of fused-ring (bicyclic) bond motifs is 1. The molecular formula is C28H32N6O2. The highest BCUT2D eigenvalue weighted by atomic mass is 16.5. The van der Waals surface area contributed by atoms with E-state index in [1.54, 1.807) is 0 Å². The Hall–Kier alpha value is -3.94. The van der Waals surface area contributed by atoms with Gasteiger partial charge in [-0.05, 0) is 63.4 Å². The van der Waals surface area contributed by atoms with Gasteiger partial charge < -0.3 is 15.0 Å². The first-order valence-corrected chi connectivity index (χ1v) is 12.6. The van der Waals surface area contributed by atoms with Crippen molar-refractivity contribution in [3.05, 3.63) is 71.5 Å². The first-order chi connectivity index (χ1) is 17.5. The van der Waals surface area contributed by atoms with Gasteiger partial charge in [-0.15, -0.1) is 5.10 Å². The van der Waals surface area contributed by atoms with E-state index in [-0.39, 0.29) is 11.8 Å². The fraction of sp³-hybridized carbons (Fsp3) is 0.357. The van der Waals surface area contributed by atoms with E-state index in [0.717, 1.165) is 71.0 Å². The summed E-state index contributed by atoms with van der Waals surface area (Å²) in [6.07, 6.45) is 1.54. The lowest BCUT2D eigenvalue weighted by molar-refractivity contribution is -0.125. The Labute approximate surface area is 211 Å². The number of hydrogen-bond donors (Lipinski definition) is 1. The topological polar surface area (TPSA) is 85.2 Å². The number of carbonyl (C=O) groups is 1. The van der Waals surface area contributed by atoms with Crippen LogP contribution in [0.3, 0.4) is 0 Å². The van der Waals surface area contributed by atoms with E-state index in [4.69, 9.17) is 9.84 Å². The average molecular weight is 485 g/mol. The highest BCUT2D eigenvalue weighted by Gasteiger charge is 2.28. The van der Waals surface area contributed by atoms with E-state index in [1.165, 1.54) is 0 Å². The number of anilines is 1. The highest BCUT2D eigenvalue weighted by molar-refractivity contribution is 5.92. The molecule has 0 bridgehead atoms. The third kappa shape index (κ3) is 4.76. The highest BCUT2D eigenvalue weighted by Crippen LogP contribution is 2.31. The third-order valence-corrected chi connectivity index (χ3v) is 6.85. The quantitative estimate of drug-likeness (QED) is 0.419. The Morgan fingerprint density at radius 3 is 2.44 bits per heavy atom. The van der Waals surface area contributed by atoms with Crippen LogP contribution in [0.2, 0.25) is 0 Å². The molecule has 186 valence electrons. The molecule has 3 heterocycles. The van der Waals surface area contributed by atoms with Gasteiger partial charge in [-0.2, -0.15) is 10.2 Å². The van der Waals surface area contributed by atoms with E-state index >= 15 is 0 Å². The number of nitrogens with zero attached hydrogens (tertiary/aromatic N) is 5. The van der Waals surface area contributed by atoms with E-state index in [1.807, 2.05) is 73.1 Å².